The van der Waals surface area contributed by atoms with Gasteiger partial charge in [-0.2, -0.15) is 0 Å². The molecule has 0 amide bonds. The normalized spacial score (nSPS) is 11.2. The second kappa shape index (κ2) is 7.45. The lowest BCUT2D eigenvalue weighted by Gasteiger charge is -2.12. The molecule has 5 heteroatoms. The summed E-state index contributed by atoms with van der Waals surface area (Å²) >= 11 is 5.43. The fourth-order valence-electron chi connectivity index (χ4n) is 3.52. The van der Waals surface area contributed by atoms with E-state index in [4.69, 9.17) is 12.2 Å². The highest BCUT2D eigenvalue weighted by atomic mass is 32.1. The highest BCUT2D eigenvalue weighted by molar-refractivity contribution is 7.80. The Bertz CT molecular complexity index is 1110. The topological polar surface area (TPSA) is 33.9 Å². The number of aromatic nitrogens is 2. The minimum Gasteiger partial charge on any atom is -0.361 e. The van der Waals surface area contributed by atoms with E-state index in [2.05, 4.69) is 94.5 Å². The van der Waals surface area contributed by atoms with Crippen LogP contribution >= 0.6 is 12.2 Å². The average Bonchev–Trinajstić information content (AvgIpc) is 3.21. The van der Waals surface area contributed by atoms with Crippen molar-refractivity contribution in [3.8, 4) is 0 Å². The molecular formula is C22H24N4S. The summed E-state index contributed by atoms with van der Waals surface area (Å²) in [4.78, 5) is 0. The molecule has 2 N–H and O–H groups in total. The van der Waals surface area contributed by atoms with E-state index in [1.54, 1.807) is 0 Å². The van der Waals surface area contributed by atoms with Gasteiger partial charge in [-0.15, -0.1) is 0 Å². The van der Waals surface area contributed by atoms with Crippen molar-refractivity contribution in [1.29, 1.82) is 0 Å². The van der Waals surface area contributed by atoms with Crippen molar-refractivity contribution in [3.63, 3.8) is 0 Å². The number of nitrogens with one attached hydrogen (secondary N) is 2. The third kappa shape index (κ3) is 3.69. The van der Waals surface area contributed by atoms with Gasteiger partial charge in [0, 0.05) is 55.0 Å². The van der Waals surface area contributed by atoms with Gasteiger partial charge < -0.3 is 19.8 Å². The van der Waals surface area contributed by atoms with E-state index in [0.29, 0.717) is 5.11 Å². The number of nitrogens with zero attached hydrogens (tertiary/aromatic N) is 2. The summed E-state index contributed by atoms with van der Waals surface area (Å²) in [6.45, 7) is 4.53. The molecule has 0 unspecified atom stereocenters. The lowest BCUT2D eigenvalue weighted by atomic mass is 10.1. The molecule has 4 rings (SSSR count). The first-order valence-electron chi connectivity index (χ1n) is 9.22. The Morgan fingerprint density at radius 2 is 1.81 bits per heavy atom. The standard InChI is InChI=1S/C22H24N4S/c1-16-13-19-14-17(7-8-20(19)25(16)2)15-24-22(27)23-10-12-26-11-9-18-5-3-4-6-21(18)26/h3-9,11,13-14H,10,12,15H2,1-2H3,(H2,23,24,27). The lowest BCUT2D eigenvalue weighted by molar-refractivity contribution is 0.687. The molecule has 0 bridgehead atoms. The molecular weight excluding hydrogens is 352 g/mol. The molecule has 138 valence electrons. The van der Waals surface area contributed by atoms with Gasteiger partial charge >= 0.3 is 0 Å². The van der Waals surface area contributed by atoms with Gasteiger partial charge in [0.2, 0.25) is 0 Å². The van der Waals surface area contributed by atoms with Gasteiger partial charge in [-0.1, -0.05) is 24.3 Å². The number of rotatable bonds is 5. The Hall–Kier alpha value is -2.79. The van der Waals surface area contributed by atoms with Crippen LogP contribution in [-0.2, 0) is 20.1 Å². The van der Waals surface area contributed by atoms with Crippen molar-refractivity contribution in [2.75, 3.05) is 6.54 Å². The first-order chi connectivity index (χ1) is 13.1. The van der Waals surface area contributed by atoms with Crippen LogP contribution in [0.25, 0.3) is 21.8 Å². The molecule has 0 spiro atoms. The number of fused-ring (bicyclic) bond motifs is 2. The third-order valence-electron chi connectivity index (χ3n) is 5.12. The molecule has 0 aliphatic heterocycles. The first kappa shape index (κ1) is 17.6. The van der Waals surface area contributed by atoms with Gasteiger partial charge in [0.25, 0.3) is 0 Å². The minimum absolute atomic E-state index is 0.691. The van der Waals surface area contributed by atoms with Crippen LogP contribution in [0.3, 0.4) is 0 Å². The van der Waals surface area contributed by atoms with Gasteiger partial charge in [0.05, 0.1) is 0 Å². The molecule has 2 aromatic heterocycles. The van der Waals surface area contributed by atoms with Crippen molar-refractivity contribution in [3.05, 3.63) is 72.1 Å². The Labute approximate surface area is 164 Å². The van der Waals surface area contributed by atoms with E-state index in [9.17, 15) is 0 Å². The Morgan fingerprint density at radius 3 is 2.70 bits per heavy atom. The summed E-state index contributed by atoms with van der Waals surface area (Å²) in [5.41, 5.74) is 5.01. The summed E-state index contributed by atoms with van der Waals surface area (Å²) in [6.07, 6.45) is 2.12. The number of aryl methyl sites for hydroxylation is 2. The monoisotopic (exact) mass is 376 g/mol. The van der Waals surface area contributed by atoms with Crippen LogP contribution in [0.4, 0.5) is 0 Å². The molecule has 4 nitrogen and oxygen atoms in total. The van der Waals surface area contributed by atoms with Crippen molar-refractivity contribution >= 4 is 39.1 Å². The summed E-state index contributed by atoms with van der Waals surface area (Å²) in [6, 6.07) is 19.3. The second-order valence-electron chi connectivity index (χ2n) is 6.92. The Balaban J connectivity index is 1.29. The highest BCUT2D eigenvalue weighted by Crippen LogP contribution is 2.19. The fourth-order valence-corrected chi connectivity index (χ4v) is 3.69. The van der Waals surface area contributed by atoms with E-state index in [-0.39, 0.29) is 0 Å². The predicted molar refractivity (Wildman–Crippen MR) is 117 cm³/mol. The third-order valence-corrected chi connectivity index (χ3v) is 5.41. The van der Waals surface area contributed by atoms with E-state index in [1.807, 2.05) is 0 Å². The zero-order chi connectivity index (χ0) is 18.8. The van der Waals surface area contributed by atoms with Crippen LogP contribution in [0.1, 0.15) is 11.3 Å². The highest BCUT2D eigenvalue weighted by Gasteiger charge is 2.04. The number of para-hydroxylation sites is 1. The molecule has 0 saturated carbocycles. The number of thiocarbonyl (C=S) groups is 1. The van der Waals surface area contributed by atoms with Crippen LogP contribution in [0, 0.1) is 6.92 Å². The van der Waals surface area contributed by atoms with Gasteiger partial charge in [-0.25, -0.2) is 0 Å². The lowest BCUT2D eigenvalue weighted by Crippen LogP contribution is -2.36. The molecule has 0 radical (unpaired) electrons. The van der Waals surface area contributed by atoms with E-state index in [1.165, 1.54) is 33.1 Å². The molecule has 4 aromatic rings. The molecule has 2 heterocycles. The van der Waals surface area contributed by atoms with Crippen molar-refractivity contribution in [2.45, 2.75) is 20.0 Å². The van der Waals surface area contributed by atoms with Crippen LogP contribution in [-0.4, -0.2) is 20.8 Å². The minimum atomic E-state index is 0.691. The second-order valence-corrected chi connectivity index (χ2v) is 7.32. The maximum atomic E-state index is 5.43. The van der Waals surface area contributed by atoms with Crippen molar-refractivity contribution < 1.29 is 0 Å². The molecule has 0 atom stereocenters. The van der Waals surface area contributed by atoms with Crippen molar-refractivity contribution in [2.24, 2.45) is 7.05 Å². The Kier molecular flexibility index (Phi) is 4.86. The summed E-state index contributed by atoms with van der Waals surface area (Å²) in [5, 5.41) is 9.84. The fraction of sp³-hybridized carbons (Fsp3) is 0.227. The summed E-state index contributed by atoms with van der Waals surface area (Å²) < 4.78 is 4.46. The predicted octanol–water partition coefficient (Wildman–Crippen LogP) is 4.11. The summed E-state index contributed by atoms with van der Waals surface area (Å²) in [5.74, 6) is 0. The van der Waals surface area contributed by atoms with Crippen LogP contribution in [0.15, 0.2) is 60.8 Å². The number of benzene rings is 2. The van der Waals surface area contributed by atoms with E-state index >= 15 is 0 Å². The molecule has 0 aliphatic carbocycles. The van der Waals surface area contributed by atoms with E-state index in [0.717, 1.165) is 19.6 Å². The Morgan fingerprint density at radius 1 is 0.963 bits per heavy atom. The van der Waals surface area contributed by atoms with Crippen LogP contribution < -0.4 is 10.6 Å². The zero-order valence-electron chi connectivity index (χ0n) is 15.7. The van der Waals surface area contributed by atoms with Crippen LogP contribution in [0.5, 0.6) is 0 Å². The number of hydrogen-bond donors (Lipinski definition) is 2. The smallest absolute Gasteiger partial charge is 0.166 e. The van der Waals surface area contributed by atoms with Gasteiger partial charge in [0.1, 0.15) is 0 Å². The maximum Gasteiger partial charge on any atom is 0.166 e. The van der Waals surface area contributed by atoms with Crippen molar-refractivity contribution in [1.82, 2.24) is 19.8 Å². The maximum absolute atomic E-state index is 5.43. The molecule has 0 fully saturated rings. The van der Waals surface area contributed by atoms with Crippen LogP contribution in [0.2, 0.25) is 0 Å². The SMILES string of the molecule is Cc1cc2cc(CNC(=S)NCCn3ccc4ccccc43)ccc2n1C. The largest absolute Gasteiger partial charge is 0.361 e. The van der Waals surface area contributed by atoms with E-state index < -0.39 is 0 Å². The quantitative estimate of drug-likeness (QED) is 0.515. The number of hydrogen-bond acceptors (Lipinski definition) is 1. The molecule has 2 aromatic carbocycles. The zero-order valence-corrected chi connectivity index (χ0v) is 16.5. The van der Waals surface area contributed by atoms with Gasteiger partial charge in [-0.3, -0.25) is 0 Å². The van der Waals surface area contributed by atoms with Gasteiger partial charge in [0.15, 0.2) is 5.11 Å². The average molecular weight is 377 g/mol. The molecule has 0 saturated heterocycles. The molecule has 0 aliphatic rings. The van der Waals surface area contributed by atoms with Gasteiger partial charge in [-0.05, 0) is 60.4 Å². The first-order valence-corrected chi connectivity index (χ1v) is 9.63. The molecule has 27 heavy (non-hydrogen) atoms. The summed E-state index contributed by atoms with van der Waals surface area (Å²) in [7, 11) is 2.10.